The van der Waals surface area contributed by atoms with Gasteiger partial charge in [0.1, 0.15) is 0 Å². The van der Waals surface area contributed by atoms with Crippen LogP contribution in [0, 0.1) is 11.3 Å². The highest BCUT2D eigenvalue weighted by atomic mass is 32.1. The number of likely N-dealkylation sites (N-methyl/N-ethyl adjacent to an activating group) is 1. The minimum Gasteiger partial charge on any atom is -0.318 e. The van der Waals surface area contributed by atoms with Crippen LogP contribution in [-0.2, 0) is 19.5 Å². The Hall–Kier alpha value is -3.74. The molecule has 2 aliphatic heterocycles. The van der Waals surface area contributed by atoms with E-state index in [1.54, 1.807) is 40.1 Å². The van der Waals surface area contributed by atoms with Gasteiger partial charge in [-0.25, -0.2) is 9.78 Å². The van der Waals surface area contributed by atoms with Crippen LogP contribution < -0.4 is 10.2 Å². The number of amides is 3. The van der Waals surface area contributed by atoms with E-state index in [4.69, 9.17) is 5.26 Å². The molecule has 5 rings (SSSR count). The number of fused-ring (bicyclic) bond motifs is 1. The lowest BCUT2D eigenvalue weighted by atomic mass is 10.1. The smallest absolute Gasteiger partial charge is 0.318 e. The van der Waals surface area contributed by atoms with Crippen molar-refractivity contribution < 1.29 is 9.59 Å². The van der Waals surface area contributed by atoms with Crippen LogP contribution >= 0.6 is 11.3 Å². The molecule has 0 unspecified atom stereocenters. The maximum atomic E-state index is 12.9. The fourth-order valence-electron chi connectivity index (χ4n) is 4.26. The second kappa shape index (κ2) is 9.25. The van der Waals surface area contributed by atoms with Crippen LogP contribution in [0.4, 0.5) is 15.6 Å². The summed E-state index contributed by atoms with van der Waals surface area (Å²) in [4.78, 5) is 37.3. The first-order chi connectivity index (χ1) is 16.5. The van der Waals surface area contributed by atoms with Gasteiger partial charge in [-0.3, -0.25) is 15.0 Å². The molecule has 172 valence electrons. The molecular formula is C25H24N6O2S. The van der Waals surface area contributed by atoms with Gasteiger partial charge >= 0.3 is 6.03 Å². The Morgan fingerprint density at radius 1 is 1.18 bits per heavy atom. The molecule has 1 N–H and O–H groups in total. The van der Waals surface area contributed by atoms with Gasteiger partial charge in [0, 0.05) is 55.3 Å². The number of nitriles is 1. The summed E-state index contributed by atoms with van der Waals surface area (Å²) >= 11 is 1.53. The third-order valence-electron chi connectivity index (χ3n) is 6.11. The van der Waals surface area contributed by atoms with Crippen molar-refractivity contribution in [3.63, 3.8) is 0 Å². The van der Waals surface area contributed by atoms with Crippen molar-refractivity contribution in [2.75, 3.05) is 36.9 Å². The lowest BCUT2D eigenvalue weighted by molar-refractivity contribution is 0.102. The molecule has 0 atom stereocenters. The zero-order valence-electron chi connectivity index (χ0n) is 18.8. The number of carbonyl (C=O) groups is 2. The number of carbonyl (C=O) groups excluding carboxylic acids is 2. The van der Waals surface area contributed by atoms with Crippen LogP contribution in [0.3, 0.4) is 0 Å². The molecule has 1 aromatic heterocycles. The van der Waals surface area contributed by atoms with Gasteiger partial charge in [0.05, 0.1) is 17.3 Å². The van der Waals surface area contributed by atoms with E-state index >= 15 is 0 Å². The first kappa shape index (κ1) is 22.1. The van der Waals surface area contributed by atoms with E-state index < -0.39 is 0 Å². The normalized spacial score (nSPS) is 15.8. The first-order valence-electron chi connectivity index (χ1n) is 11.1. The van der Waals surface area contributed by atoms with Crippen LogP contribution in [0.1, 0.15) is 32.1 Å². The van der Waals surface area contributed by atoms with Crippen LogP contribution in [0.25, 0.3) is 0 Å². The number of rotatable bonds is 5. The number of urea groups is 1. The summed E-state index contributed by atoms with van der Waals surface area (Å²) in [5, 5.41) is 12.5. The minimum absolute atomic E-state index is 0.0853. The Bertz CT molecular complexity index is 1280. The number of hydrogen-bond acceptors (Lipinski definition) is 6. The van der Waals surface area contributed by atoms with Crippen LogP contribution in [0.2, 0.25) is 0 Å². The maximum absolute atomic E-state index is 12.9. The quantitative estimate of drug-likeness (QED) is 0.611. The summed E-state index contributed by atoms with van der Waals surface area (Å²) in [5.41, 5.74) is 3.84. The average Bonchev–Trinajstić information content (AvgIpc) is 3.41. The molecule has 3 aromatic rings. The molecule has 2 aromatic carbocycles. The number of nitrogens with zero attached hydrogens (tertiary/aromatic N) is 5. The van der Waals surface area contributed by atoms with Crippen molar-refractivity contribution in [2.24, 2.45) is 0 Å². The molecule has 2 aliphatic rings. The summed E-state index contributed by atoms with van der Waals surface area (Å²) in [5.74, 6) is -0.201. The lowest BCUT2D eigenvalue weighted by Gasteiger charge is -2.20. The molecule has 8 nitrogen and oxygen atoms in total. The summed E-state index contributed by atoms with van der Waals surface area (Å²) in [6.45, 7) is 3.43. The standard InChI is InChI=1S/C25H24N6O2S/c1-29-10-9-21-22(16-29)34-24(27-21)28-23(32)19-4-2-3-18(13-19)15-30-11-12-31(25(30)33)20-7-5-17(14-26)6-8-20/h2-8,13H,9-12,15-16H2,1H3,(H,27,28,32). The molecule has 1 saturated heterocycles. The Kier molecular flexibility index (Phi) is 6.01. The van der Waals surface area contributed by atoms with Crippen molar-refractivity contribution in [1.29, 1.82) is 5.26 Å². The van der Waals surface area contributed by atoms with Crippen molar-refractivity contribution in [1.82, 2.24) is 14.8 Å². The van der Waals surface area contributed by atoms with Crippen molar-refractivity contribution in [3.8, 4) is 6.07 Å². The molecule has 0 bridgehead atoms. The Morgan fingerprint density at radius 3 is 2.79 bits per heavy atom. The van der Waals surface area contributed by atoms with E-state index in [2.05, 4.69) is 28.3 Å². The molecule has 1 fully saturated rings. The highest BCUT2D eigenvalue weighted by Gasteiger charge is 2.29. The SMILES string of the molecule is CN1CCc2nc(NC(=O)c3cccc(CN4CCN(c5ccc(C#N)cc5)C4=O)c3)sc2C1. The number of nitrogens with one attached hydrogen (secondary N) is 1. The Labute approximate surface area is 202 Å². The van der Waals surface area contributed by atoms with Crippen LogP contribution in [0.15, 0.2) is 48.5 Å². The molecular weight excluding hydrogens is 448 g/mol. The summed E-state index contributed by atoms with van der Waals surface area (Å²) in [6, 6.07) is 16.4. The second-order valence-corrected chi connectivity index (χ2v) is 9.63. The van der Waals surface area contributed by atoms with Crippen LogP contribution in [-0.4, -0.2) is 53.4 Å². The van der Waals surface area contributed by atoms with Crippen molar-refractivity contribution >= 4 is 34.1 Å². The summed E-state index contributed by atoms with van der Waals surface area (Å²) < 4.78 is 0. The fourth-order valence-corrected chi connectivity index (χ4v) is 5.35. The lowest BCUT2D eigenvalue weighted by Crippen LogP contribution is -2.31. The third kappa shape index (κ3) is 4.51. The van der Waals surface area contributed by atoms with E-state index in [0.29, 0.717) is 35.9 Å². The predicted molar refractivity (Wildman–Crippen MR) is 131 cm³/mol. The molecule has 0 spiro atoms. The third-order valence-corrected chi connectivity index (χ3v) is 7.11. The zero-order valence-corrected chi connectivity index (χ0v) is 19.6. The molecule has 0 aliphatic carbocycles. The fraction of sp³-hybridized carbons (Fsp3) is 0.280. The van der Waals surface area contributed by atoms with Crippen molar-refractivity contribution in [3.05, 3.63) is 75.8 Å². The van der Waals surface area contributed by atoms with Gasteiger partial charge in [-0.05, 0) is 49.0 Å². The van der Waals surface area contributed by atoms with Crippen LogP contribution in [0.5, 0.6) is 0 Å². The van der Waals surface area contributed by atoms with Gasteiger partial charge in [-0.15, -0.1) is 11.3 Å². The monoisotopic (exact) mass is 472 g/mol. The van der Waals surface area contributed by atoms with Gasteiger partial charge in [0.25, 0.3) is 5.91 Å². The largest absolute Gasteiger partial charge is 0.324 e. The van der Waals surface area contributed by atoms with Crippen molar-refractivity contribution in [2.45, 2.75) is 19.5 Å². The molecule has 0 saturated carbocycles. The van der Waals surface area contributed by atoms with Gasteiger partial charge < -0.3 is 9.80 Å². The number of benzene rings is 2. The highest BCUT2D eigenvalue weighted by molar-refractivity contribution is 7.15. The minimum atomic E-state index is -0.201. The predicted octanol–water partition coefficient (Wildman–Crippen LogP) is 3.70. The Balaban J connectivity index is 1.24. The van der Waals surface area contributed by atoms with Gasteiger partial charge in [0.15, 0.2) is 5.13 Å². The second-order valence-electron chi connectivity index (χ2n) is 8.55. The van der Waals surface area contributed by atoms with Gasteiger partial charge in [-0.1, -0.05) is 12.1 Å². The summed E-state index contributed by atoms with van der Waals surface area (Å²) in [6.07, 6.45) is 0.900. The van der Waals surface area contributed by atoms with Gasteiger partial charge in [-0.2, -0.15) is 5.26 Å². The number of aromatic nitrogens is 1. The van der Waals surface area contributed by atoms with E-state index in [0.717, 1.165) is 36.5 Å². The Morgan fingerprint density at radius 2 is 2.00 bits per heavy atom. The topological polar surface area (TPSA) is 92.6 Å². The number of hydrogen-bond donors (Lipinski definition) is 1. The molecule has 34 heavy (non-hydrogen) atoms. The maximum Gasteiger partial charge on any atom is 0.324 e. The summed E-state index contributed by atoms with van der Waals surface area (Å²) in [7, 11) is 2.08. The molecule has 9 heteroatoms. The number of thiazole rings is 1. The van der Waals surface area contributed by atoms with E-state index in [-0.39, 0.29) is 11.9 Å². The molecule has 3 amide bonds. The van der Waals surface area contributed by atoms with Gasteiger partial charge in [0.2, 0.25) is 0 Å². The highest BCUT2D eigenvalue weighted by Crippen LogP contribution is 2.28. The van der Waals surface area contributed by atoms with E-state index in [9.17, 15) is 9.59 Å². The number of anilines is 2. The first-order valence-corrected chi connectivity index (χ1v) is 12.0. The van der Waals surface area contributed by atoms with E-state index in [1.807, 2.05) is 18.2 Å². The zero-order chi connectivity index (χ0) is 23.7. The van der Waals surface area contributed by atoms with E-state index in [1.165, 1.54) is 16.2 Å². The molecule has 3 heterocycles. The average molecular weight is 473 g/mol. The molecule has 0 radical (unpaired) electrons.